The average molecular weight is 504 g/mol. The third-order valence-corrected chi connectivity index (χ3v) is 6.29. The van der Waals surface area contributed by atoms with Crippen LogP contribution in [0.4, 0.5) is 0 Å². The summed E-state index contributed by atoms with van der Waals surface area (Å²) >= 11 is 0. The lowest BCUT2D eigenvalue weighted by atomic mass is 9.90. The van der Waals surface area contributed by atoms with Crippen LogP contribution in [0.2, 0.25) is 0 Å². The van der Waals surface area contributed by atoms with E-state index in [1.807, 2.05) is 78.9 Å². The van der Waals surface area contributed by atoms with Crippen LogP contribution in [0.25, 0.3) is 17.2 Å². The number of aliphatic carboxylic acids is 1. The summed E-state index contributed by atoms with van der Waals surface area (Å²) in [6, 6.07) is 32.7. The van der Waals surface area contributed by atoms with E-state index < -0.39 is 17.9 Å². The lowest BCUT2D eigenvalue weighted by Crippen LogP contribution is -2.43. The standard InChI is InChI=1S/C32H29N3O3/c33-30(34)27-13-7-10-23(20-27)21-28(32(37)38)29(19-14-22-8-3-1-4-9-22)35-31(36)26-17-15-25(16-18-26)24-11-5-2-6-12-24/h1-20,28-29H,21H2,(H3,33,34)(H,35,36)(H,37,38)/b19-14+/t28-,29-/m1/s1. The van der Waals surface area contributed by atoms with Gasteiger partial charge < -0.3 is 16.2 Å². The van der Waals surface area contributed by atoms with Crippen LogP contribution in [0.5, 0.6) is 0 Å². The number of amides is 1. The molecule has 6 nitrogen and oxygen atoms in total. The fourth-order valence-electron chi connectivity index (χ4n) is 4.23. The lowest BCUT2D eigenvalue weighted by Gasteiger charge is -2.23. The van der Waals surface area contributed by atoms with Gasteiger partial charge >= 0.3 is 5.97 Å². The fraction of sp³-hybridized carbons (Fsp3) is 0.0938. The van der Waals surface area contributed by atoms with Crippen LogP contribution in [0.15, 0.2) is 115 Å². The third-order valence-electron chi connectivity index (χ3n) is 6.29. The monoisotopic (exact) mass is 503 g/mol. The van der Waals surface area contributed by atoms with Crippen molar-refractivity contribution in [1.82, 2.24) is 5.32 Å². The second-order valence-electron chi connectivity index (χ2n) is 8.98. The van der Waals surface area contributed by atoms with Gasteiger partial charge in [0.25, 0.3) is 5.91 Å². The Balaban J connectivity index is 1.60. The minimum Gasteiger partial charge on any atom is -0.481 e. The maximum Gasteiger partial charge on any atom is 0.309 e. The first-order valence-electron chi connectivity index (χ1n) is 12.3. The number of carboxylic acids is 1. The Morgan fingerprint density at radius 2 is 1.45 bits per heavy atom. The molecule has 0 bridgehead atoms. The van der Waals surface area contributed by atoms with Gasteiger partial charge in [-0.25, -0.2) is 0 Å². The van der Waals surface area contributed by atoms with Gasteiger partial charge in [-0.2, -0.15) is 0 Å². The van der Waals surface area contributed by atoms with E-state index in [-0.39, 0.29) is 18.2 Å². The smallest absolute Gasteiger partial charge is 0.309 e. The third kappa shape index (κ3) is 6.83. The number of rotatable bonds is 10. The largest absolute Gasteiger partial charge is 0.481 e. The molecule has 0 aromatic heterocycles. The molecule has 4 rings (SSSR count). The van der Waals surface area contributed by atoms with E-state index in [4.69, 9.17) is 11.1 Å². The summed E-state index contributed by atoms with van der Waals surface area (Å²) in [5.41, 5.74) is 10.2. The number of carbonyl (C=O) groups is 2. The van der Waals surface area contributed by atoms with Crippen molar-refractivity contribution in [3.63, 3.8) is 0 Å². The Morgan fingerprint density at radius 1 is 0.816 bits per heavy atom. The highest BCUT2D eigenvalue weighted by molar-refractivity contribution is 5.96. The van der Waals surface area contributed by atoms with Gasteiger partial charge in [0.05, 0.1) is 12.0 Å². The zero-order valence-corrected chi connectivity index (χ0v) is 20.7. The van der Waals surface area contributed by atoms with Crippen LogP contribution in [0.1, 0.15) is 27.0 Å². The molecule has 0 heterocycles. The molecule has 4 aromatic carbocycles. The molecule has 5 N–H and O–H groups in total. The number of carbonyl (C=O) groups excluding carboxylic acids is 1. The van der Waals surface area contributed by atoms with Crippen LogP contribution in [0.3, 0.4) is 0 Å². The van der Waals surface area contributed by atoms with Crippen molar-refractivity contribution in [2.24, 2.45) is 11.7 Å². The summed E-state index contributed by atoms with van der Waals surface area (Å²) in [4.78, 5) is 25.7. The van der Waals surface area contributed by atoms with E-state index in [1.165, 1.54) is 0 Å². The van der Waals surface area contributed by atoms with Gasteiger partial charge in [-0.1, -0.05) is 103 Å². The predicted molar refractivity (Wildman–Crippen MR) is 151 cm³/mol. The maximum absolute atomic E-state index is 13.3. The Hall–Kier alpha value is -4.97. The molecule has 190 valence electrons. The highest BCUT2D eigenvalue weighted by Gasteiger charge is 2.28. The van der Waals surface area contributed by atoms with Gasteiger partial charge in [-0.15, -0.1) is 0 Å². The summed E-state index contributed by atoms with van der Waals surface area (Å²) in [5.74, 6) is -2.45. The zero-order valence-electron chi connectivity index (χ0n) is 20.7. The van der Waals surface area contributed by atoms with Gasteiger partial charge in [-0.3, -0.25) is 15.0 Å². The minimum absolute atomic E-state index is 0.0912. The maximum atomic E-state index is 13.3. The molecule has 2 atom stereocenters. The van der Waals surface area contributed by atoms with Gasteiger partial charge in [0, 0.05) is 11.1 Å². The van der Waals surface area contributed by atoms with Crippen LogP contribution < -0.4 is 11.1 Å². The van der Waals surface area contributed by atoms with Gasteiger partial charge in [0.1, 0.15) is 5.84 Å². The van der Waals surface area contributed by atoms with E-state index >= 15 is 0 Å². The summed E-state index contributed by atoms with van der Waals surface area (Å²) in [6.45, 7) is 0. The van der Waals surface area contributed by atoms with Crippen molar-refractivity contribution in [3.8, 4) is 11.1 Å². The highest BCUT2D eigenvalue weighted by Crippen LogP contribution is 2.21. The van der Waals surface area contributed by atoms with E-state index in [2.05, 4.69) is 5.32 Å². The molecule has 0 unspecified atom stereocenters. The number of benzene rings is 4. The Bertz CT molecular complexity index is 1430. The molecule has 0 spiro atoms. The Morgan fingerprint density at radius 3 is 2.08 bits per heavy atom. The van der Waals surface area contributed by atoms with Gasteiger partial charge in [0.2, 0.25) is 0 Å². The molecule has 0 fully saturated rings. The first kappa shape index (κ1) is 26.1. The second kappa shape index (κ2) is 12.3. The molecule has 1 amide bonds. The molecule has 4 aromatic rings. The van der Waals surface area contributed by atoms with Crippen molar-refractivity contribution in [3.05, 3.63) is 138 Å². The fourth-order valence-corrected chi connectivity index (χ4v) is 4.23. The van der Waals surface area contributed by atoms with E-state index in [1.54, 1.807) is 42.5 Å². The summed E-state index contributed by atoms with van der Waals surface area (Å²) in [7, 11) is 0. The van der Waals surface area contributed by atoms with Crippen LogP contribution in [-0.2, 0) is 11.2 Å². The zero-order chi connectivity index (χ0) is 26.9. The van der Waals surface area contributed by atoms with E-state index in [9.17, 15) is 14.7 Å². The number of hydrogen-bond acceptors (Lipinski definition) is 3. The van der Waals surface area contributed by atoms with Crippen molar-refractivity contribution < 1.29 is 14.7 Å². The number of amidine groups is 1. The molecule has 0 aliphatic heterocycles. The van der Waals surface area contributed by atoms with Crippen LogP contribution in [0, 0.1) is 11.3 Å². The number of nitrogens with one attached hydrogen (secondary N) is 2. The first-order valence-corrected chi connectivity index (χ1v) is 12.3. The van der Waals surface area contributed by atoms with E-state index in [0.29, 0.717) is 16.7 Å². The molecular formula is C32H29N3O3. The minimum atomic E-state index is -1.04. The molecule has 0 radical (unpaired) electrons. The van der Waals surface area contributed by atoms with Crippen molar-refractivity contribution in [2.75, 3.05) is 0 Å². The molecule has 6 heteroatoms. The van der Waals surface area contributed by atoms with Crippen molar-refractivity contribution in [2.45, 2.75) is 12.5 Å². The summed E-state index contributed by atoms with van der Waals surface area (Å²) < 4.78 is 0. The van der Waals surface area contributed by atoms with Gasteiger partial charge in [-0.05, 0) is 46.9 Å². The van der Waals surface area contributed by atoms with Crippen LogP contribution in [-0.4, -0.2) is 28.9 Å². The lowest BCUT2D eigenvalue weighted by molar-refractivity contribution is -0.142. The first-order chi connectivity index (χ1) is 18.4. The van der Waals surface area contributed by atoms with E-state index in [0.717, 1.165) is 16.7 Å². The summed E-state index contributed by atoms with van der Waals surface area (Å²) in [6.07, 6.45) is 3.68. The molecule has 0 saturated heterocycles. The SMILES string of the molecule is N=C(N)c1cccc(C[C@@H](C(=O)O)[C@@H](/C=C/c2ccccc2)NC(=O)c2ccc(-c3ccccc3)cc2)c1. The number of nitrogens with two attached hydrogens (primary N) is 1. The number of hydrogen-bond donors (Lipinski definition) is 4. The number of carboxylic acid groups (broad SMARTS) is 1. The Labute approximate surface area is 222 Å². The average Bonchev–Trinajstić information content (AvgIpc) is 2.95. The molecule has 0 saturated carbocycles. The van der Waals surface area contributed by atoms with Crippen LogP contribution >= 0.6 is 0 Å². The number of nitrogen functional groups attached to an aromatic ring is 1. The molecule has 38 heavy (non-hydrogen) atoms. The van der Waals surface area contributed by atoms with Gasteiger partial charge in [0.15, 0.2) is 0 Å². The molecule has 0 aliphatic carbocycles. The topological polar surface area (TPSA) is 116 Å². The quantitative estimate of drug-likeness (QED) is 0.171. The second-order valence-corrected chi connectivity index (χ2v) is 8.98. The summed E-state index contributed by atoms with van der Waals surface area (Å²) in [5, 5.41) is 20.8. The molecular weight excluding hydrogens is 474 g/mol. The van der Waals surface area contributed by atoms with Crippen molar-refractivity contribution in [1.29, 1.82) is 5.41 Å². The normalized spacial score (nSPS) is 12.5. The Kier molecular flexibility index (Phi) is 8.46. The van der Waals surface area contributed by atoms with Crippen molar-refractivity contribution >= 4 is 23.8 Å². The molecule has 0 aliphatic rings. The predicted octanol–water partition coefficient (Wildman–Crippen LogP) is 5.39. The highest BCUT2D eigenvalue weighted by atomic mass is 16.4.